The van der Waals surface area contributed by atoms with Crippen LogP contribution in [0.3, 0.4) is 0 Å². The zero-order chi connectivity index (χ0) is 16.8. The molecule has 1 heterocycles. The average molecular weight is 343 g/mol. The molecule has 0 aliphatic carbocycles. The summed E-state index contributed by atoms with van der Waals surface area (Å²) in [5.41, 5.74) is 3.20. The second-order valence-electron chi connectivity index (χ2n) is 5.66. The Labute approximate surface area is 146 Å². The fraction of sp³-hybridized carbons (Fsp3) is 0.316. The van der Waals surface area contributed by atoms with Crippen LogP contribution in [-0.2, 0) is 5.75 Å². The molecule has 3 rings (SSSR count). The van der Waals surface area contributed by atoms with E-state index in [0.717, 1.165) is 11.5 Å². The van der Waals surface area contributed by atoms with Crippen molar-refractivity contribution in [3.63, 3.8) is 0 Å². The van der Waals surface area contributed by atoms with Crippen LogP contribution in [0.1, 0.15) is 21.5 Å². The van der Waals surface area contributed by atoms with Crippen molar-refractivity contribution in [1.29, 1.82) is 0 Å². The lowest BCUT2D eigenvalue weighted by molar-refractivity contribution is 0.0955. The second-order valence-corrected chi connectivity index (χ2v) is 6.76. The van der Waals surface area contributed by atoms with Crippen molar-refractivity contribution in [2.45, 2.75) is 12.7 Å². The molecule has 0 saturated heterocycles. The lowest BCUT2D eigenvalue weighted by atomic mass is 10.2. The monoisotopic (exact) mass is 343 g/mol. The van der Waals surface area contributed by atoms with Crippen molar-refractivity contribution in [2.75, 3.05) is 25.5 Å². The molecule has 0 aromatic heterocycles. The number of ether oxygens (including phenoxy) is 2. The predicted octanol–water partition coefficient (Wildman–Crippen LogP) is 3.43. The van der Waals surface area contributed by atoms with Crippen LogP contribution >= 0.6 is 11.8 Å². The van der Waals surface area contributed by atoms with E-state index in [1.807, 2.05) is 11.8 Å². The Bertz CT molecular complexity index is 718. The van der Waals surface area contributed by atoms with Crippen molar-refractivity contribution < 1.29 is 14.3 Å². The Kier molecular flexibility index (Phi) is 5.64. The summed E-state index contributed by atoms with van der Waals surface area (Å²) < 4.78 is 11.0. The molecule has 2 aromatic rings. The largest absolute Gasteiger partial charge is 0.486 e. The number of carbonyl (C=O) groups excluding carboxylic acids is 1. The van der Waals surface area contributed by atoms with Crippen LogP contribution in [-0.4, -0.2) is 31.4 Å². The first-order valence-electron chi connectivity index (χ1n) is 8.03. The van der Waals surface area contributed by atoms with Crippen LogP contribution in [0.5, 0.6) is 11.5 Å². The first kappa shape index (κ1) is 16.7. The third-order valence-corrected chi connectivity index (χ3v) is 4.72. The summed E-state index contributed by atoms with van der Waals surface area (Å²) >= 11 is 1.82. The number of carbonyl (C=O) groups is 1. The number of aryl methyl sites for hydroxylation is 1. The molecule has 1 aliphatic rings. The summed E-state index contributed by atoms with van der Waals surface area (Å²) in [6.45, 7) is 3.82. The number of hydrogen-bond acceptors (Lipinski definition) is 4. The zero-order valence-corrected chi connectivity index (χ0v) is 14.5. The molecule has 126 valence electrons. The highest BCUT2D eigenvalue weighted by atomic mass is 32.2. The SMILES string of the molecule is Cc1cccc(CSCCNC(=O)c2ccc3c(c2)OCCO3)c1. The van der Waals surface area contributed by atoms with Crippen LogP contribution < -0.4 is 14.8 Å². The van der Waals surface area contributed by atoms with E-state index in [4.69, 9.17) is 9.47 Å². The van der Waals surface area contributed by atoms with Crippen LogP contribution in [0.15, 0.2) is 42.5 Å². The summed E-state index contributed by atoms with van der Waals surface area (Å²) in [4.78, 5) is 12.2. The number of nitrogens with one attached hydrogen (secondary N) is 1. The first-order chi connectivity index (χ1) is 11.7. The molecule has 1 N–H and O–H groups in total. The molecule has 0 radical (unpaired) electrons. The standard InChI is InChI=1S/C19H21NO3S/c1-14-3-2-4-15(11-14)13-24-10-7-20-19(21)16-5-6-17-18(12-16)23-9-8-22-17/h2-6,11-12H,7-10,13H2,1H3,(H,20,21). The Balaban J connectivity index is 1.42. The summed E-state index contributed by atoms with van der Waals surface area (Å²) in [6.07, 6.45) is 0. The molecule has 0 bridgehead atoms. The lowest BCUT2D eigenvalue weighted by Crippen LogP contribution is -2.26. The normalized spacial score (nSPS) is 12.7. The molecule has 0 atom stereocenters. The van der Waals surface area contributed by atoms with Crippen LogP contribution in [0.2, 0.25) is 0 Å². The third kappa shape index (κ3) is 4.45. The van der Waals surface area contributed by atoms with Crippen molar-refractivity contribution in [3.8, 4) is 11.5 Å². The van der Waals surface area contributed by atoms with Gasteiger partial charge in [-0.3, -0.25) is 4.79 Å². The molecular formula is C19H21NO3S. The molecule has 5 heteroatoms. The zero-order valence-electron chi connectivity index (χ0n) is 13.7. The van der Waals surface area contributed by atoms with Gasteiger partial charge in [-0.2, -0.15) is 11.8 Å². The molecule has 2 aromatic carbocycles. The highest BCUT2D eigenvalue weighted by Gasteiger charge is 2.14. The van der Waals surface area contributed by atoms with Gasteiger partial charge in [0.15, 0.2) is 11.5 Å². The van der Waals surface area contributed by atoms with Crippen LogP contribution in [0.25, 0.3) is 0 Å². The molecule has 0 unspecified atom stereocenters. The number of rotatable bonds is 6. The number of amides is 1. The Morgan fingerprint density at radius 2 is 1.96 bits per heavy atom. The van der Waals surface area contributed by atoms with E-state index in [0.29, 0.717) is 36.8 Å². The van der Waals surface area contributed by atoms with Gasteiger partial charge in [-0.1, -0.05) is 29.8 Å². The highest BCUT2D eigenvalue weighted by molar-refractivity contribution is 7.98. The third-order valence-electron chi connectivity index (χ3n) is 3.69. The van der Waals surface area contributed by atoms with Crippen LogP contribution in [0.4, 0.5) is 0 Å². The van der Waals surface area contributed by atoms with E-state index in [2.05, 4.69) is 36.5 Å². The van der Waals surface area contributed by atoms with Crippen LogP contribution in [0, 0.1) is 6.92 Å². The van der Waals surface area contributed by atoms with Gasteiger partial charge < -0.3 is 14.8 Å². The molecule has 1 amide bonds. The minimum Gasteiger partial charge on any atom is -0.486 e. The van der Waals surface area contributed by atoms with Gasteiger partial charge in [0.1, 0.15) is 13.2 Å². The van der Waals surface area contributed by atoms with Gasteiger partial charge in [-0.05, 0) is 30.7 Å². The van der Waals surface area contributed by atoms with Crippen molar-refractivity contribution >= 4 is 17.7 Å². The van der Waals surface area contributed by atoms with Crippen molar-refractivity contribution in [2.24, 2.45) is 0 Å². The van der Waals surface area contributed by atoms with Gasteiger partial charge >= 0.3 is 0 Å². The molecule has 1 aliphatic heterocycles. The van der Waals surface area contributed by atoms with Gasteiger partial charge in [0.2, 0.25) is 0 Å². The number of benzene rings is 2. The van der Waals surface area contributed by atoms with Gasteiger partial charge in [0.25, 0.3) is 5.91 Å². The molecule has 24 heavy (non-hydrogen) atoms. The molecular weight excluding hydrogens is 322 g/mol. The Morgan fingerprint density at radius 1 is 1.12 bits per heavy atom. The maximum absolute atomic E-state index is 12.2. The Hall–Kier alpha value is -2.14. The van der Waals surface area contributed by atoms with E-state index < -0.39 is 0 Å². The summed E-state index contributed by atoms with van der Waals surface area (Å²) in [5.74, 6) is 3.10. The fourth-order valence-corrected chi connectivity index (χ4v) is 3.32. The number of thioether (sulfide) groups is 1. The molecule has 0 saturated carbocycles. The number of fused-ring (bicyclic) bond motifs is 1. The van der Waals surface area contributed by atoms with Gasteiger partial charge in [0, 0.05) is 23.6 Å². The summed E-state index contributed by atoms with van der Waals surface area (Å²) in [5, 5.41) is 2.95. The Morgan fingerprint density at radius 3 is 2.79 bits per heavy atom. The van der Waals surface area contributed by atoms with Crippen molar-refractivity contribution in [1.82, 2.24) is 5.32 Å². The van der Waals surface area contributed by atoms with Gasteiger partial charge in [-0.15, -0.1) is 0 Å². The first-order valence-corrected chi connectivity index (χ1v) is 9.19. The van der Waals surface area contributed by atoms with E-state index >= 15 is 0 Å². The lowest BCUT2D eigenvalue weighted by Gasteiger charge is -2.18. The van der Waals surface area contributed by atoms with Gasteiger partial charge in [-0.25, -0.2) is 0 Å². The highest BCUT2D eigenvalue weighted by Crippen LogP contribution is 2.30. The summed E-state index contributed by atoms with van der Waals surface area (Å²) in [7, 11) is 0. The number of hydrogen-bond donors (Lipinski definition) is 1. The quantitative estimate of drug-likeness (QED) is 0.817. The molecule has 0 fully saturated rings. The maximum atomic E-state index is 12.2. The molecule has 4 nitrogen and oxygen atoms in total. The van der Waals surface area contributed by atoms with E-state index in [1.165, 1.54) is 11.1 Å². The predicted molar refractivity (Wildman–Crippen MR) is 97.1 cm³/mol. The maximum Gasteiger partial charge on any atom is 0.251 e. The topological polar surface area (TPSA) is 47.6 Å². The molecule has 0 spiro atoms. The second kappa shape index (κ2) is 8.11. The average Bonchev–Trinajstić information content (AvgIpc) is 2.61. The van der Waals surface area contributed by atoms with E-state index in [-0.39, 0.29) is 5.91 Å². The smallest absolute Gasteiger partial charge is 0.251 e. The van der Waals surface area contributed by atoms with E-state index in [1.54, 1.807) is 18.2 Å². The van der Waals surface area contributed by atoms with Crippen molar-refractivity contribution in [3.05, 3.63) is 59.2 Å². The van der Waals surface area contributed by atoms with E-state index in [9.17, 15) is 4.79 Å². The fourth-order valence-electron chi connectivity index (χ4n) is 2.52. The van der Waals surface area contributed by atoms with Gasteiger partial charge in [0.05, 0.1) is 0 Å². The summed E-state index contributed by atoms with van der Waals surface area (Å²) in [6, 6.07) is 13.8. The minimum atomic E-state index is -0.0804. The minimum absolute atomic E-state index is 0.0804.